The number of thiocarbonyl (C=S) groups is 1. The van der Waals surface area contributed by atoms with Gasteiger partial charge >= 0.3 is 5.97 Å². The Morgan fingerprint density at radius 2 is 1.83 bits per heavy atom. The van der Waals surface area contributed by atoms with E-state index in [2.05, 4.69) is 5.32 Å². The molecule has 2 aromatic rings. The first kappa shape index (κ1) is 20.7. The fraction of sp³-hybridized carbons (Fsp3) is 0.273. The van der Waals surface area contributed by atoms with Crippen molar-refractivity contribution in [2.75, 3.05) is 19.1 Å². The van der Waals surface area contributed by atoms with Gasteiger partial charge in [-0.1, -0.05) is 12.1 Å². The number of aryl methyl sites for hydroxylation is 2. The van der Waals surface area contributed by atoms with E-state index >= 15 is 0 Å². The number of ether oxygens (including phenoxy) is 2. The molecule has 29 heavy (non-hydrogen) atoms. The van der Waals surface area contributed by atoms with Gasteiger partial charge in [-0.25, -0.2) is 4.79 Å². The Labute approximate surface area is 175 Å². The number of benzene rings is 2. The normalized spacial score (nSPS) is 16.5. The molecule has 3 rings (SSSR count). The third kappa shape index (κ3) is 3.78. The van der Waals surface area contributed by atoms with Gasteiger partial charge in [-0.15, -0.1) is 0 Å². The van der Waals surface area contributed by atoms with Crippen molar-refractivity contribution in [2.45, 2.75) is 26.8 Å². The van der Waals surface area contributed by atoms with E-state index in [9.17, 15) is 9.90 Å². The Kier molecular flexibility index (Phi) is 5.79. The molecule has 7 heteroatoms. The van der Waals surface area contributed by atoms with Gasteiger partial charge < -0.3 is 19.9 Å². The highest BCUT2D eigenvalue weighted by molar-refractivity contribution is 7.80. The van der Waals surface area contributed by atoms with Crippen molar-refractivity contribution in [1.29, 1.82) is 0 Å². The number of methoxy groups -OCH3 is 2. The molecule has 152 valence electrons. The minimum Gasteiger partial charge on any atom is -0.504 e. The zero-order valence-electron chi connectivity index (χ0n) is 17.1. The molecule has 2 N–H and O–H groups in total. The molecule has 1 aliphatic heterocycles. The van der Waals surface area contributed by atoms with Crippen LogP contribution in [0.15, 0.2) is 47.7 Å². The van der Waals surface area contributed by atoms with Gasteiger partial charge in [0.2, 0.25) is 0 Å². The number of phenolic OH excluding ortho intramolecular Hbond substituents is 1. The monoisotopic (exact) mass is 412 g/mol. The van der Waals surface area contributed by atoms with E-state index in [1.165, 1.54) is 19.8 Å². The van der Waals surface area contributed by atoms with Crippen LogP contribution in [-0.4, -0.2) is 30.4 Å². The highest BCUT2D eigenvalue weighted by Crippen LogP contribution is 2.37. The van der Waals surface area contributed by atoms with Crippen LogP contribution >= 0.6 is 12.2 Å². The first-order chi connectivity index (χ1) is 13.8. The van der Waals surface area contributed by atoms with Gasteiger partial charge in [-0.3, -0.25) is 4.90 Å². The molecule has 0 spiro atoms. The number of phenols is 1. The fourth-order valence-electron chi connectivity index (χ4n) is 3.43. The van der Waals surface area contributed by atoms with Gasteiger partial charge in [0, 0.05) is 11.4 Å². The average molecular weight is 413 g/mol. The molecule has 1 heterocycles. The number of nitrogens with one attached hydrogen (secondary N) is 1. The minimum absolute atomic E-state index is 0.0174. The Bertz CT molecular complexity index is 1020. The number of carbonyl (C=O) groups is 1. The zero-order chi connectivity index (χ0) is 21.3. The molecule has 6 nitrogen and oxygen atoms in total. The lowest BCUT2D eigenvalue weighted by molar-refractivity contribution is -0.136. The van der Waals surface area contributed by atoms with Gasteiger partial charge in [0.1, 0.15) is 0 Å². The maximum absolute atomic E-state index is 12.7. The molecule has 0 saturated carbocycles. The van der Waals surface area contributed by atoms with Crippen molar-refractivity contribution in [3.05, 3.63) is 64.4 Å². The number of hydrogen-bond donors (Lipinski definition) is 2. The molecule has 0 saturated heterocycles. The zero-order valence-corrected chi connectivity index (χ0v) is 17.9. The lowest BCUT2D eigenvalue weighted by Gasteiger charge is -2.37. The van der Waals surface area contributed by atoms with Crippen molar-refractivity contribution >= 4 is 29.0 Å². The van der Waals surface area contributed by atoms with Gasteiger partial charge in [0.15, 0.2) is 16.6 Å². The van der Waals surface area contributed by atoms with E-state index in [1.807, 2.05) is 43.9 Å². The summed E-state index contributed by atoms with van der Waals surface area (Å²) in [6, 6.07) is 10.4. The third-order valence-electron chi connectivity index (χ3n) is 5.18. The molecular formula is C22H24N2O4S. The standard InChI is InChI=1S/C22H24N2O4S/c1-12-6-8-16(10-13(12)2)24-14(3)19(21(26)28-5)20(23-22(24)29)15-7-9-18(27-4)17(25)11-15/h6-11,20,25H,1-5H3,(H,23,29)/t20-/m1/s1. The van der Waals surface area contributed by atoms with Crippen molar-refractivity contribution in [2.24, 2.45) is 0 Å². The smallest absolute Gasteiger partial charge is 0.337 e. The number of nitrogens with zero attached hydrogens (tertiary/aromatic N) is 1. The Morgan fingerprint density at radius 1 is 1.10 bits per heavy atom. The predicted octanol–water partition coefficient (Wildman–Crippen LogP) is 3.90. The summed E-state index contributed by atoms with van der Waals surface area (Å²) in [5.41, 5.74) is 4.92. The molecule has 0 aliphatic carbocycles. The van der Waals surface area contributed by atoms with E-state index < -0.39 is 12.0 Å². The van der Waals surface area contributed by atoms with Crippen LogP contribution in [-0.2, 0) is 9.53 Å². The van der Waals surface area contributed by atoms with E-state index in [1.54, 1.807) is 18.2 Å². The summed E-state index contributed by atoms with van der Waals surface area (Å²) in [5, 5.41) is 13.9. The van der Waals surface area contributed by atoms with Gasteiger partial charge in [-0.05, 0) is 73.9 Å². The summed E-state index contributed by atoms with van der Waals surface area (Å²) in [5.74, 6) is -0.132. The molecule has 0 amide bonds. The molecule has 0 fully saturated rings. The summed E-state index contributed by atoms with van der Waals surface area (Å²) < 4.78 is 10.2. The molecule has 2 aromatic carbocycles. The van der Waals surface area contributed by atoms with Crippen molar-refractivity contribution in [1.82, 2.24) is 5.32 Å². The number of aromatic hydroxyl groups is 1. The molecule has 0 unspecified atom stereocenters. The molecule has 0 radical (unpaired) electrons. The summed E-state index contributed by atoms with van der Waals surface area (Å²) in [4.78, 5) is 14.5. The molecule has 1 atom stereocenters. The van der Waals surface area contributed by atoms with E-state index in [0.29, 0.717) is 27.7 Å². The van der Waals surface area contributed by atoms with Crippen LogP contribution in [0, 0.1) is 13.8 Å². The van der Waals surface area contributed by atoms with Crippen LogP contribution in [0.25, 0.3) is 0 Å². The summed E-state index contributed by atoms with van der Waals surface area (Å²) >= 11 is 5.64. The number of allylic oxidation sites excluding steroid dienone is 1. The number of anilines is 1. The van der Waals surface area contributed by atoms with Gasteiger partial charge in [0.25, 0.3) is 0 Å². The predicted molar refractivity (Wildman–Crippen MR) is 116 cm³/mol. The van der Waals surface area contributed by atoms with Crippen LogP contribution in [0.4, 0.5) is 5.69 Å². The molecule has 0 bridgehead atoms. The van der Waals surface area contributed by atoms with Crippen LogP contribution < -0.4 is 15.0 Å². The van der Waals surface area contributed by atoms with Crippen LogP contribution in [0.2, 0.25) is 0 Å². The van der Waals surface area contributed by atoms with Crippen molar-refractivity contribution in [3.8, 4) is 11.5 Å². The van der Waals surface area contributed by atoms with Gasteiger partial charge in [0.05, 0.1) is 25.8 Å². The Balaban J connectivity index is 2.14. The van der Waals surface area contributed by atoms with E-state index in [4.69, 9.17) is 21.7 Å². The number of hydrogen-bond acceptors (Lipinski definition) is 5. The van der Waals surface area contributed by atoms with Crippen LogP contribution in [0.1, 0.15) is 29.7 Å². The molecular weight excluding hydrogens is 388 g/mol. The van der Waals surface area contributed by atoms with E-state index in [-0.39, 0.29) is 5.75 Å². The number of carbonyl (C=O) groups excluding carboxylic acids is 1. The maximum Gasteiger partial charge on any atom is 0.337 e. The first-order valence-electron chi connectivity index (χ1n) is 9.12. The SMILES string of the molecule is COC(=O)C1=C(C)N(c2ccc(C)c(C)c2)C(=S)N[C@@H]1c1ccc(OC)c(O)c1. The molecule has 1 aliphatic rings. The average Bonchev–Trinajstić information content (AvgIpc) is 2.69. The Morgan fingerprint density at radius 3 is 2.41 bits per heavy atom. The quantitative estimate of drug-likeness (QED) is 0.583. The minimum atomic E-state index is -0.561. The third-order valence-corrected chi connectivity index (χ3v) is 5.48. The summed E-state index contributed by atoms with van der Waals surface area (Å²) in [6.45, 7) is 5.91. The Hall–Kier alpha value is -3.06. The topological polar surface area (TPSA) is 71.0 Å². The van der Waals surface area contributed by atoms with E-state index in [0.717, 1.165) is 11.3 Å². The lowest BCUT2D eigenvalue weighted by Crippen LogP contribution is -2.48. The van der Waals surface area contributed by atoms with Crippen molar-refractivity contribution in [3.63, 3.8) is 0 Å². The van der Waals surface area contributed by atoms with Gasteiger partial charge in [-0.2, -0.15) is 0 Å². The highest BCUT2D eigenvalue weighted by Gasteiger charge is 2.35. The number of rotatable bonds is 4. The van der Waals surface area contributed by atoms with Crippen LogP contribution in [0.3, 0.4) is 0 Å². The maximum atomic E-state index is 12.7. The van der Waals surface area contributed by atoms with Crippen molar-refractivity contribution < 1.29 is 19.4 Å². The largest absolute Gasteiger partial charge is 0.504 e. The highest BCUT2D eigenvalue weighted by atomic mass is 32.1. The summed E-state index contributed by atoms with van der Waals surface area (Å²) in [6.07, 6.45) is 0. The molecule has 0 aromatic heterocycles. The second kappa shape index (κ2) is 8.13. The van der Waals surface area contributed by atoms with Crippen LogP contribution in [0.5, 0.6) is 11.5 Å². The second-order valence-corrected chi connectivity index (χ2v) is 7.30. The fourth-order valence-corrected chi connectivity index (χ4v) is 3.79. The summed E-state index contributed by atoms with van der Waals surface area (Å²) in [7, 11) is 2.83. The second-order valence-electron chi connectivity index (χ2n) is 6.91. The number of esters is 1. The lowest BCUT2D eigenvalue weighted by atomic mass is 9.94. The first-order valence-corrected chi connectivity index (χ1v) is 9.53.